The lowest BCUT2D eigenvalue weighted by molar-refractivity contribution is 0.829. The van der Waals surface area contributed by atoms with Gasteiger partial charge in [-0.25, -0.2) is 4.98 Å². The summed E-state index contributed by atoms with van der Waals surface area (Å²) in [5.41, 5.74) is 15.8. The molecule has 0 fully saturated rings. The fraction of sp³-hybridized carbons (Fsp3) is 0.0208. The van der Waals surface area contributed by atoms with Crippen LogP contribution >= 0.6 is 0 Å². The molecule has 52 heavy (non-hydrogen) atoms. The minimum Gasteiger partial charge on any atom is -0.360 e. The van der Waals surface area contributed by atoms with Gasteiger partial charge in [-0.1, -0.05) is 133 Å². The first kappa shape index (κ1) is 31.1. The Labute approximate surface area is 303 Å². The number of nitrogens with one attached hydrogen (secondary N) is 1. The molecule has 1 atom stereocenters. The van der Waals surface area contributed by atoms with Crippen molar-refractivity contribution in [3.63, 3.8) is 0 Å². The topological polar surface area (TPSA) is 50.2 Å². The van der Waals surface area contributed by atoms with Crippen LogP contribution in [0.3, 0.4) is 0 Å². The lowest BCUT2D eigenvalue weighted by atomic mass is 9.92. The van der Waals surface area contributed by atoms with Gasteiger partial charge in [0.2, 0.25) is 0 Å². The first-order chi connectivity index (χ1) is 25.7. The van der Waals surface area contributed by atoms with Gasteiger partial charge < -0.3 is 5.32 Å². The van der Waals surface area contributed by atoms with Gasteiger partial charge in [-0.3, -0.25) is 9.98 Å². The average Bonchev–Trinajstić information content (AvgIpc) is 3.24. The van der Waals surface area contributed by atoms with Crippen LogP contribution in [0.15, 0.2) is 199 Å². The predicted octanol–water partition coefficient (Wildman–Crippen LogP) is 11.8. The van der Waals surface area contributed by atoms with Gasteiger partial charge in [0.05, 0.1) is 17.1 Å². The molecule has 0 spiro atoms. The number of benzene rings is 6. The van der Waals surface area contributed by atoms with Gasteiger partial charge in [0.1, 0.15) is 6.17 Å². The zero-order valence-corrected chi connectivity index (χ0v) is 28.4. The summed E-state index contributed by atoms with van der Waals surface area (Å²) in [6.45, 7) is 0. The molecular weight excluding hydrogens is 633 g/mol. The molecule has 8 aromatic rings. The number of fused-ring (bicyclic) bond motifs is 1. The highest BCUT2D eigenvalue weighted by atomic mass is 15.1. The van der Waals surface area contributed by atoms with Crippen molar-refractivity contribution in [2.75, 3.05) is 5.32 Å². The third-order valence-electron chi connectivity index (χ3n) is 9.54. The number of aliphatic imine (C=N–C) groups is 1. The fourth-order valence-electron chi connectivity index (χ4n) is 6.93. The van der Waals surface area contributed by atoms with Gasteiger partial charge in [-0.05, 0) is 81.9 Å². The van der Waals surface area contributed by atoms with Crippen molar-refractivity contribution >= 4 is 11.4 Å². The number of hydrogen-bond acceptors (Lipinski definition) is 4. The SMILES string of the molecule is c1ccc(C2=NC(c3cc(-c4cccnc4)cc(-c4cc(-c5ccccc5)cc(-c5ccccc5)n4)c3)Nc3ccc(-c4ccccc4)cc32)cc1. The van der Waals surface area contributed by atoms with Crippen LogP contribution in [0.1, 0.15) is 22.9 Å². The minimum atomic E-state index is -0.341. The van der Waals surface area contributed by atoms with Crippen LogP contribution in [0.4, 0.5) is 5.69 Å². The molecule has 0 bridgehead atoms. The molecule has 1 aliphatic rings. The second-order valence-corrected chi connectivity index (χ2v) is 13.0. The normalized spacial score (nSPS) is 13.5. The summed E-state index contributed by atoms with van der Waals surface area (Å²) in [6.07, 6.45) is 3.39. The quantitative estimate of drug-likeness (QED) is 0.184. The van der Waals surface area contributed by atoms with E-state index >= 15 is 0 Å². The Bertz CT molecular complexity index is 2460. The Morgan fingerprint density at radius 2 is 0.962 bits per heavy atom. The predicted molar refractivity (Wildman–Crippen MR) is 214 cm³/mol. The number of rotatable bonds is 7. The van der Waals surface area contributed by atoms with Crippen molar-refractivity contribution in [2.45, 2.75) is 6.17 Å². The van der Waals surface area contributed by atoms with E-state index in [9.17, 15) is 0 Å². The van der Waals surface area contributed by atoms with Crippen LogP contribution < -0.4 is 5.32 Å². The molecular formula is C48H34N4. The highest BCUT2D eigenvalue weighted by Crippen LogP contribution is 2.39. The molecule has 2 aromatic heterocycles. The summed E-state index contributed by atoms with van der Waals surface area (Å²) in [5.74, 6) is 0. The number of nitrogens with zero attached hydrogens (tertiary/aromatic N) is 3. The standard InChI is InChI=1S/C48H34N4/c1-5-14-33(15-6-1)37-23-24-44-43(29-37)47(36-20-11-4-12-21-36)52-48(51-44)42-27-39(38-22-13-25-49-32-38)26-41(28-42)46-31-40(34-16-7-2-8-17-34)30-45(50-46)35-18-9-3-10-19-35/h1-32,48,51H. The smallest absolute Gasteiger partial charge is 0.145 e. The monoisotopic (exact) mass is 666 g/mol. The average molecular weight is 667 g/mol. The molecule has 9 rings (SSSR count). The first-order valence-electron chi connectivity index (χ1n) is 17.5. The van der Waals surface area contributed by atoms with Gasteiger partial charge in [0.25, 0.3) is 0 Å². The van der Waals surface area contributed by atoms with Crippen molar-refractivity contribution in [1.29, 1.82) is 0 Å². The van der Waals surface area contributed by atoms with Gasteiger partial charge >= 0.3 is 0 Å². The van der Waals surface area contributed by atoms with E-state index in [4.69, 9.17) is 9.98 Å². The van der Waals surface area contributed by atoms with Gasteiger partial charge in [-0.15, -0.1) is 0 Å². The number of aromatic nitrogens is 2. The second kappa shape index (κ2) is 13.8. The molecule has 4 nitrogen and oxygen atoms in total. The summed E-state index contributed by atoms with van der Waals surface area (Å²) in [7, 11) is 0. The summed E-state index contributed by atoms with van der Waals surface area (Å²) < 4.78 is 0. The summed E-state index contributed by atoms with van der Waals surface area (Å²) >= 11 is 0. The second-order valence-electron chi connectivity index (χ2n) is 13.0. The van der Waals surface area contributed by atoms with Crippen LogP contribution in [0.2, 0.25) is 0 Å². The molecule has 3 heterocycles. The molecule has 0 saturated heterocycles. The maximum absolute atomic E-state index is 5.47. The van der Waals surface area contributed by atoms with Crippen molar-refractivity contribution in [3.8, 4) is 55.9 Å². The Balaban J connectivity index is 1.22. The van der Waals surface area contributed by atoms with Crippen LogP contribution in [0.5, 0.6) is 0 Å². The van der Waals surface area contributed by atoms with E-state index in [2.05, 4.69) is 174 Å². The molecule has 4 heteroatoms. The molecule has 1 aliphatic heterocycles. The van der Waals surface area contributed by atoms with Crippen LogP contribution in [-0.2, 0) is 0 Å². The largest absolute Gasteiger partial charge is 0.360 e. The maximum Gasteiger partial charge on any atom is 0.145 e. The zero-order chi connectivity index (χ0) is 34.7. The zero-order valence-electron chi connectivity index (χ0n) is 28.4. The van der Waals surface area contributed by atoms with E-state index in [0.717, 1.165) is 78.4 Å². The van der Waals surface area contributed by atoms with Crippen LogP contribution in [-0.4, -0.2) is 15.7 Å². The lowest BCUT2D eigenvalue weighted by Gasteiger charge is -2.27. The highest BCUT2D eigenvalue weighted by molar-refractivity contribution is 6.17. The number of anilines is 1. The summed E-state index contributed by atoms with van der Waals surface area (Å²) in [6, 6.07) is 63.7. The molecule has 1 N–H and O–H groups in total. The van der Waals surface area contributed by atoms with E-state index in [-0.39, 0.29) is 6.17 Å². The summed E-state index contributed by atoms with van der Waals surface area (Å²) in [4.78, 5) is 15.2. The van der Waals surface area contributed by atoms with E-state index in [0.29, 0.717) is 0 Å². The number of hydrogen-bond donors (Lipinski definition) is 1. The van der Waals surface area contributed by atoms with Crippen molar-refractivity contribution in [1.82, 2.24) is 9.97 Å². The molecule has 0 saturated carbocycles. The van der Waals surface area contributed by atoms with E-state index in [1.807, 2.05) is 30.6 Å². The van der Waals surface area contributed by atoms with Crippen molar-refractivity contribution < 1.29 is 0 Å². The first-order valence-corrected chi connectivity index (χ1v) is 17.5. The molecule has 0 radical (unpaired) electrons. The van der Waals surface area contributed by atoms with E-state index < -0.39 is 0 Å². The fourth-order valence-corrected chi connectivity index (χ4v) is 6.93. The van der Waals surface area contributed by atoms with Crippen LogP contribution in [0.25, 0.3) is 55.9 Å². The molecule has 1 unspecified atom stereocenters. The molecule has 0 amide bonds. The molecule has 0 aliphatic carbocycles. The Kier molecular flexibility index (Phi) is 8.24. The number of pyridine rings is 2. The van der Waals surface area contributed by atoms with E-state index in [1.54, 1.807) is 0 Å². The Hall–Kier alpha value is -6.91. The lowest BCUT2D eigenvalue weighted by Crippen LogP contribution is -2.21. The van der Waals surface area contributed by atoms with Crippen molar-refractivity contribution in [2.24, 2.45) is 4.99 Å². The van der Waals surface area contributed by atoms with Gasteiger partial charge in [0, 0.05) is 45.9 Å². The van der Waals surface area contributed by atoms with Gasteiger partial charge in [0.15, 0.2) is 0 Å². The minimum absolute atomic E-state index is 0.341. The van der Waals surface area contributed by atoms with Gasteiger partial charge in [-0.2, -0.15) is 0 Å². The summed E-state index contributed by atoms with van der Waals surface area (Å²) in [5, 5.41) is 3.80. The van der Waals surface area contributed by atoms with Crippen LogP contribution in [0, 0.1) is 0 Å². The maximum atomic E-state index is 5.47. The highest BCUT2D eigenvalue weighted by Gasteiger charge is 2.25. The molecule has 6 aromatic carbocycles. The van der Waals surface area contributed by atoms with Crippen molar-refractivity contribution in [3.05, 3.63) is 211 Å². The Morgan fingerprint density at radius 3 is 1.62 bits per heavy atom. The Morgan fingerprint density at radius 1 is 0.404 bits per heavy atom. The van der Waals surface area contributed by atoms with E-state index in [1.165, 1.54) is 5.56 Å². The third kappa shape index (κ3) is 6.30. The third-order valence-corrected chi connectivity index (χ3v) is 9.54. The molecule has 246 valence electrons.